The molecule has 0 spiro atoms. The van der Waals surface area contributed by atoms with Crippen molar-refractivity contribution in [1.29, 1.82) is 0 Å². The van der Waals surface area contributed by atoms with Gasteiger partial charge in [0.05, 0.1) is 39.0 Å². The zero-order valence-electron chi connectivity index (χ0n) is 18.9. The maximum Gasteiger partial charge on any atom is 0.274 e. The fraction of sp³-hybridized carbons (Fsp3) is 0.174. The fourth-order valence-corrected chi connectivity index (χ4v) is 5.28. The smallest absolute Gasteiger partial charge is 0.274 e. The maximum absolute atomic E-state index is 13.8. The van der Waals surface area contributed by atoms with Crippen LogP contribution in [0.3, 0.4) is 0 Å². The third-order valence-electron chi connectivity index (χ3n) is 5.14. The van der Waals surface area contributed by atoms with Gasteiger partial charge in [0.25, 0.3) is 15.7 Å². The Morgan fingerprint density at radius 1 is 1.09 bits per heavy atom. The Morgan fingerprint density at radius 3 is 2.43 bits per heavy atom. The number of halogens is 2. The molecule has 3 rings (SSSR count). The first kappa shape index (κ1) is 26.3. The van der Waals surface area contributed by atoms with Gasteiger partial charge in [-0.25, -0.2) is 8.42 Å². The highest BCUT2D eigenvalue weighted by molar-refractivity contribution is 7.93. The van der Waals surface area contributed by atoms with Crippen LogP contribution in [-0.4, -0.2) is 32.9 Å². The summed E-state index contributed by atoms with van der Waals surface area (Å²) in [4.78, 5) is 23.5. The van der Waals surface area contributed by atoms with Crippen molar-refractivity contribution in [1.82, 2.24) is 0 Å². The Balaban J connectivity index is 2.06. The van der Waals surface area contributed by atoms with Gasteiger partial charge >= 0.3 is 0 Å². The van der Waals surface area contributed by atoms with E-state index < -0.39 is 27.4 Å². The number of hydrogen-bond acceptors (Lipinski definition) is 6. The number of rotatable bonds is 8. The Kier molecular flexibility index (Phi) is 7.89. The van der Waals surface area contributed by atoms with E-state index in [0.717, 1.165) is 4.31 Å². The number of nitrogens with zero attached hydrogens (tertiary/aromatic N) is 2. The summed E-state index contributed by atoms with van der Waals surface area (Å²) in [7, 11) is -2.99. The second-order valence-electron chi connectivity index (χ2n) is 7.52. The molecule has 0 bridgehead atoms. The van der Waals surface area contributed by atoms with E-state index in [2.05, 4.69) is 5.32 Å². The van der Waals surface area contributed by atoms with Gasteiger partial charge in [-0.3, -0.25) is 19.2 Å². The van der Waals surface area contributed by atoms with Gasteiger partial charge in [-0.1, -0.05) is 35.3 Å². The molecule has 1 amide bonds. The van der Waals surface area contributed by atoms with E-state index in [4.69, 9.17) is 27.9 Å². The first-order valence-corrected chi connectivity index (χ1v) is 12.3. The van der Waals surface area contributed by atoms with Crippen molar-refractivity contribution in [3.05, 3.63) is 85.9 Å². The average Bonchev–Trinajstić information content (AvgIpc) is 2.80. The highest BCUT2D eigenvalue weighted by Crippen LogP contribution is 2.34. The van der Waals surface area contributed by atoms with Crippen LogP contribution in [0.4, 0.5) is 17.1 Å². The van der Waals surface area contributed by atoms with E-state index in [1.807, 2.05) is 0 Å². The van der Waals surface area contributed by atoms with Gasteiger partial charge in [0, 0.05) is 6.07 Å². The predicted octanol–water partition coefficient (Wildman–Crippen LogP) is 5.36. The first-order chi connectivity index (χ1) is 16.4. The lowest BCUT2D eigenvalue weighted by Gasteiger charge is -2.25. The highest BCUT2D eigenvalue weighted by atomic mass is 35.5. The van der Waals surface area contributed by atoms with Gasteiger partial charge in [-0.15, -0.1) is 0 Å². The molecule has 0 saturated heterocycles. The third-order valence-corrected chi connectivity index (χ3v) is 7.68. The third kappa shape index (κ3) is 5.67. The number of carbonyl (C=O) groups is 1. The second-order valence-corrected chi connectivity index (χ2v) is 10.2. The van der Waals surface area contributed by atoms with Crippen LogP contribution in [0.5, 0.6) is 5.75 Å². The lowest BCUT2D eigenvalue weighted by atomic mass is 10.1. The fourth-order valence-electron chi connectivity index (χ4n) is 3.34. The standard InChI is InChI=1S/C23H21Cl2N3O6S/c1-14-7-10-21(34-3)22(11-14)35(32,33)27(16-8-9-17(24)18(25)12-16)13-23(29)26-19-5-4-6-20(15(19)2)28(30)31/h4-12H,13H2,1-3H3,(H,26,29). The number of aryl methyl sites for hydroxylation is 1. The number of nitrogens with one attached hydrogen (secondary N) is 1. The van der Waals surface area contributed by atoms with Crippen LogP contribution in [0, 0.1) is 24.0 Å². The number of methoxy groups -OCH3 is 1. The molecule has 1 N–H and O–H groups in total. The van der Waals surface area contributed by atoms with E-state index in [1.54, 1.807) is 13.0 Å². The minimum absolute atomic E-state index is 0.0915. The van der Waals surface area contributed by atoms with E-state index in [-0.39, 0.29) is 43.3 Å². The largest absolute Gasteiger partial charge is 0.495 e. The topological polar surface area (TPSA) is 119 Å². The molecule has 0 aliphatic carbocycles. The van der Waals surface area contributed by atoms with Crippen molar-refractivity contribution in [2.75, 3.05) is 23.3 Å². The molecule has 0 heterocycles. The molecule has 0 radical (unpaired) electrons. The minimum Gasteiger partial charge on any atom is -0.495 e. The van der Waals surface area contributed by atoms with Crippen molar-refractivity contribution in [2.24, 2.45) is 0 Å². The maximum atomic E-state index is 13.8. The summed E-state index contributed by atoms with van der Waals surface area (Å²) >= 11 is 12.1. The lowest BCUT2D eigenvalue weighted by Crippen LogP contribution is -2.38. The molecule has 3 aromatic rings. The van der Waals surface area contributed by atoms with Crippen molar-refractivity contribution in [3.8, 4) is 5.75 Å². The molecule has 0 aliphatic heterocycles. The number of nitro benzene ring substituents is 1. The summed E-state index contributed by atoms with van der Waals surface area (Å²) in [6.07, 6.45) is 0. The predicted molar refractivity (Wildman–Crippen MR) is 135 cm³/mol. The van der Waals surface area contributed by atoms with Gasteiger partial charge in [0.15, 0.2) is 0 Å². The van der Waals surface area contributed by atoms with E-state index in [9.17, 15) is 23.3 Å². The quantitative estimate of drug-likeness (QED) is 0.305. The molecule has 9 nitrogen and oxygen atoms in total. The molecule has 0 saturated carbocycles. The number of carbonyl (C=O) groups excluding carboxylic acids is 1. The molecule has 0 aromatic heterocycles. The summed E-state index contributed by atoms with van der Waals surface area (Å²) < 4.78 is 33.6. The normalized spacial score (nSPS) is 11.1. The molecule has 0 aliphatic rings. The van der Waals surface area contributed by atoms with E-state index >= 15 is 0 Å². The zero-order chi connectivity index (χ0) is 25.9. The number of nitro groups is 1. The first-order valence-electron chi connectivity index (χ1n) is 10.1. The SMILES string of the molecule is COc1ccc(C)cc1S(=O)(=O)N(CC(=O)Nc1cccc([N+](=O)[O-])c1C)c1ccc(Cl)c(Cl)c1. The summed E-state index contributed by atoms with van der Waals surface area (Å²) in [5.41, 5.74) is 0.990. The number of amides is 1. The molecule has 0 fully saturated rings. The number of anilines is 2. The summed E-state index contributed by atoms with van der Waals surface area (Å²) in [6, 6.07) is 13.0. The van der Waals surface area contributed by atoms with Crippen LogP contribution < -0.4 is 14.4 Å². The highest BCUT2D eigenvalue weighted by Gasteiger charge is 2.31. The van der Waals surface area contributed by atoms with Crippen LogP contribution in [0.2, 0.25) is 10.0 Å². The number of benzene rings is 3. The van der Waals surface area contributed by atoms with Crippen LogP contribution in [0.1, 0.15) is 11.1 Å². The van der Waals surface area contributed by atoms with Crippen molar-refractivity contribution >= 4 is 56.2 Å². The van der Waals surface area contributed by atoms with Gasteiger partial charge in [-0.2, -0.15) is 0 Å². The zero-order valence-corrected chi connectivity index (χ0v) is 21.2. The van der Waals surface area contributed by atoms with E-state index in [1.165, 1.54) is 62.6 Å². The monoisotopic (exact) mass is 537 g/mol. The van der Waals surface area contributed by atoms with Crippen molar-refractivity contribution < 1.29 is 22.9 Å². The van der Waals surface area contributed by atoms with Crippen molar-refractivity contribution in [3.63, 3.8) is 0 Å². The van der Waals surface area contributed by atoms with Crippen molar-refractivity contribution in [2.45, 2.75) is 18.7 Å². The van der Waals surface area contributed by atoms with E-state index in [0.29, 0.717) is 5.56 Å². The Labute approximate surface area is 212 Å². The Morgan fingerprint density at radius 2 is 1.80 bits per heavy atom. The van der Waals surface area contributed by atoms with Crippen LogP contribution in [0.25, 0.3) is 0 Å². The molecule has 184 valence electrons. The second kappa shape index (κ2) is 10.5. The molecule has 35 heavy (non-hydrogen) atoms. The molecular weight excluding hydrogens is 517 g/mol. The van der Waals surface area contributed by atoms with Gasteiger partial charge in [-0.05, 0) is 55.8 Å². The number of hydrogen-bond donors (Lipinski definition) is 1. The molecule has 0 atom stereocenters. The van der Waals surface area contributed by atoms with Crippen LogP contribution in [-0.2, 0) is 14.8 Å². The van der Waals surface area contributed by atoms with Gasteiger partial charge < -0.3 is 10.1 Å². The minimum atomic E-state index is -4.33. The van der Waals surface area contributed by atoms with Crippen LogP contribution >= 0.6 is 23.2 Å². The molecule has 0 unspecified atom stereocenters. The summed E-state index contributed by atoms with van der Waals surface area (Å²) in [5.74, 6) is -0.634. The molecule has 12 heteroatoms. The summed E-state index contributed by atoms with van der Waals surface area (Å²) in [5, 5.41) is 14.1. The summed E-state index contributed by atoms with van der Waals surface area (Å²) in [6.45, 7) is 2.55. The average molecular weight is 538 g/mol. The molecular formula is C23H21Cl2N3O6S. The Hall–Kier alpha value is -3.34. The molecule has 3 aromatic carbocycles. The lowest BCUT2D eigenvalue weighted by molar-refractivity contribution is -0.385. The van der Waals surface area contributed by atoms with Gasteiger partial charge in [0.1, 0.15) is 17.2 Å². The van der Waals surface area contributed by atoms with Crippen LogP contribution in [0.15, 0.2) is 59.5 Å². The van der Waals surface area contributed by atoms with Gasteiger partial charge in [0.2, 0.25) is 5.91 Å². The Bertz CT molecular complexity index is 1410. The number of sulfonamides is 1. The number of ether oxygens (including phenoxy) is 1.